The molecule has 3 aromatic rings. The number of primary amides is 1. The van der Waals surface area contributed by atoms with Crippen LogP contribution in [0.1, 0.15) is 63.2 Å². The lowest BCUT2D eigenvalue weighted by molar-refractivity contribution is -0.126. The fraction of sp³-hybridized carbons (Fsp3) is 0.333. The number of nitrogens with zero attached hydrogens (tertiary/aromatic N) is 2. The summed E-state index contributed by atoms with van der Waals surface area (Å²) >= 11 is 0.787. The lowest BCUT2D eigenvalue weighted by atomic mass is 10.0. The van der Waals surface area contributed by atoms with Crippen LogP contribution in [0.5, 0.6) is 5.75 Å². The number of aryl methyl sites for hydroxylation is 1. The minimum absolute atomic E-state index is 0.0504. The van der Waals surface area contributed by atoms with Crippen molar-refractivity contribution in [2.24, 2.45) is 11.7 Å². The summed E-state index contributed by atoms with van der Waals surface area (Å²) in [7, 11) is 1.57. The molecule has 1 unspecified atom stereocenters. The molecule has 3 amide bonds. The zero-order valence-corrected chi connectivity index (χ0v) is 22.3. The van der Waals surface area contributed by atoms with Crippen LogP contribution in [0.3, 0.4) is 0 Å². The van der Waals surface area contributed by atoms with E-state index in [1.54, 1.807) is 19.2 Å². The largest absolute Gasteiger partial charge is 0.497 e. The lowest BCUT2D eigenvalue weighted by Crippen LogP contribution is -2.43. The summed E-state index contributed by atoms with van der Waals surface area (Å²) in [4.78, 5) is 40.8. The summed E-state index contributed by atoms with van der Waals surface area (Å²) in [6, 6.07) is 13.7. The highest BCUT2D eigenvalue weighted by molar-refractivity contribution is 7.09. The Labute approximate surface area is 221 Å². The summed E-state index contributed by atoms with van der Waals surface area (Å²) < 4.78 is 9.23. The maximum atomic E-state index is 14.0. The normalized spacial score (nSPS) is 11.7. The number of carbonyl (C=O) groups excluding carboxylic acids is 3. The molecule has 196 valence electrons. The topological polar surface area (TPSA) is 141 Å². The van der Waals surface area contributed by atoms with Gasteiger partial charge in [0.15, 0.2) is 5.69 Å². The second kappa shape index (κ2) is 12.4. The third-order valence-electron chi connectivity index (χ3n) is 5.90. The van der Waals surface area contributed by atoms with Gasteiger partial charge in [-0.25, -0.2) is 0 Å². The molecule has 5 N–H and O–H groups in total. The fourth-order valence-corrected chi connectivity index (χ4v) is 4.53. The smallest absolute Gasteiger partial charge is 0.270 e. The Morgan fingerprint density at radius 1 is 1.08 bits per heavy atom. The maximum absolute atomic E-state index is 14.0. The number of hydrogen-bond donors (Lipinski definition) is 3. The number of anilines is 1. The Morgan fingerprint density at radius 3 is 2.27 bits per heavy atom. The molecule has 0 aliphatic heterocycles. The van der Waals surface area contributed by atoms with Crippen molar-refractivity contribution in [3.8, 4) is 5.75 Å². The molecular formula is C27H33N5O4S. The molecule has 0 aliphatic rings. The van der Waals surface area contributed by atoms with Crippen molar-refractivity contribution in [1.82, 2.24) is 14.6 Å². The minimum Gasteiger partial charge on any atom is -0.497 e. The number of benzene rings is 2. The predicted octanol–water partition coefficient (Wildman–Crippen LogP) is 3.69. The average Bonchev–Trinajstić information content (AvgIpc) is 3.26. The number of aromatic nitrogens is 1. The van der Waals surface area contributed by atoms with E-state index in [0.717, 1.165) is 29.1 Å². The fourth-order valence-electron chi connectivity index (χ4n) is 3.77. The highest BCUT2D eigenvalue weighted by Crippen LogP contribution is 2.31. The number of amides is 3. The van der Waals surface area contributed by atoms with Gasteiger partial charge in [0.1, 0.15) is 16.7 Å². The quantitative estimate of drug-likeness (QED) is 0.350. The van der Waals surface area contributed by atoms with Gasteiger partial charge in [-0.1, -0.05) is 55.8 Å². The van der Waals surface area contributed by atoms with Crippen molar-refractivity contribution in [2.45, 2.75) is 39.8 Å². The Balaban J connectivity index is 2.08. The molecule has 37 heavy (non-hydrogen) atoms. The van der Waals surface area contributed by atoms with Crippen LogP contribution < -0.4 is 21.5 Å². The van der Waals surface area contributed by atoms with E-state index in [0.29, 0.717) is 23.8 Å². The second-order valence-electron chi connectivity index (χ2n) is 9.21. The monoisotopic (exact) mass is 523 g/mol. The molecule has 0 bridgehead atoms. The first kappa shape index (κ1) is 27.7. The second-order valence-corrected chi connectivity index (χ2v) is 9.98. The van der Waals surface area contributed by atoms with Gasteiger partial charge in [-0.05, 0) is 54.1 Å². The molecule has 10 heteroatoms. The zero-order valence-electron chi connectivity index (χ0n) is 21.5. The van der Waals surface area contributed by atoms with Crippen molar-refractivity contribution >= 4 is 34.9 Å². The molecule has 0 saturated heterocycles. The molecule has 0 fully saturated rings. The molecule has 2 aromatic carbocycles. The summed E-state index contributed by atoms with van der Waals surface area (Å²) in [5.74, 6) is -0.594. The molecule has 1 heterocycles. The number of nitrogens with one attached hydrogen (secondary N) is 1. The Hall–Kier alpha value is -3.92. The first-order valence-electron chi connectivity index (χ1n) is 12.0. The van der Waals surface area contributed by atoms with Crippen molar-refractivity contribution in [2.75, 3.05) is 19.4 Å². The van der Waals surface area contributed by atoms with Crippen LogP contribution in [0.15, 0.2) is 48.5 Å². The molecule has 0 aliphatic carbocycles. The highest BCUT2D eigenvalue weighted by Gasteiger charge is 2.35. The summed E-state index contributed by atoms with van der Waals surface area (Å²) in [6.07, 6.45) is 0.794. The van der Waals surface area contributed by atoms with Crippen molar-refractivity contribution in [3.63, 3.8) is 0 Å². The van der Waals surface area contributed by atoms with E-state index in [-0.39, 0.29) is 28.7 Å². The van der Waals surface area contributed by atoms with Crippen LogP contribution in [0.25, 0.3) is 0 Å². The Morgan fingerprint density at radius 2 is 1.73 bits per heavy atom. The number of ether oxygens (including phenoxy) is 1. The molecule has 1 aromatic heterocycles. The molecule has 1 atom stereocenters. The van der Waals surface area contributed by atoms with E-state index in [1.165, 1.54) is 4.90 Å². The van der Waals surface area contributed by atoms with Gasteiger partial charge in [0.2, 0.25) is 5.91 Å². The Kier molecular flexibility index (Phi) is 9.24. The first-order chi connectivity index (χ1) is 17.6. The standard InChI is InChI=1S/C27H33N5O4S/c1-16(2)13-14-30-26(34)23(19-9-5-17(3)6-10-19)32(15-18-7-11-20(36-4)12-8-18)27(35)24-21(28)22(25(29)33)31-37-24/h5-12,16,23H,13-15,28H2,1-4H3,(H2,29,33)(H,30,34). The summed E-state index contributed by atoms with van der Waals surface area (Å²) in [5, 5.41) is 2.99. The van der Waals surface area contributed by atoms with Crippen molar-refractivity contribution in [3.05, 3.63) is 75.8 Å². The van der Waals surface area contributed by atoms with E-state index in [1.807, 2.05) is 43.3 Å². The molecule has 3 rings (SSSR count). The van der Waals surface area contributed by atoms with Crippen LogP contribution in [0.2, 0.25) is 0 Å². The van der Waals surface area contributed by atoms with Gasteiger partial charge < -0.3 is 26.4 Å². The molecule has 0 saturated carbocycles. The third-order valence-corrected chi connectivity index (χ3v) is 6.75. The number of rotatable bonds is 11. The summed E-state index contributed by atoms with van der Waals surface area (Å²) in [5.41, 5.74) is 13.7. The van der Waals surface area contributed by atoms with Gasteiger partial charge in [0, 0.05) is 13.1 Å². The van der Waals surface area contributed by atoms with Crippen molar-refractivity contribution in [1.29, 1.82) is 0 Å². The van der Waals surface area contributed by atoms with Crippen LogP contribution >= 0.6 is 11.5 Å². The van der Waals surface area contributed by atoms with Crippen LogP contribution in [0.4, 0.5) is 5.69 Å². The maximum Gasteiger partial charge on any atom is 0.270 e. The molecule has 0 radical (unpaired) electrons. The van der Waals surface area contributed by atoms with Gasteiger partial charge in [-0.2, -0.15) is 4.37 Å². The predicted molar refractivity (Wildman–Crippen MR) is 144 cm³/mol. The minimum atomic E-state index is -0.958. The van der Waals surface area contributed by atoms with E-state index in [2.05, 4.69) is 23.5 Å². The number of carbonyl (C=O) groups is 3. The lowest BCUT2D eigenvalue weighted by Gasteiger charge is -2.31. The van der Waals surface area contributed by atoms with Crippen LogP contribution in [0, 0.1) is 12.8 Å². The molecule has 0 spiro atoms. The van der Waals surface area contributed by atoms with E-state index in [9.17, 15) is 14.4 Å². The molecule has 9 nitrogen and oxygen atoms in total. The number of nitrogens with two attached hydrogens (primary N) is 2. The highest BCUT2D eigenvalue weighted by atomic mass is 32.1. The van der Waals surface area contributed by atoms with E-state index >= 15 is 0 Å². The van der Waals surface area contributed by atoms with Crippen molar-refractivity contribution < 1.29 is 19.1 Å². The van der Waals surface area contributed by atoms with Gasteiger partial charge in [0.05, 0.1) is 12.8 Å². The summed E-state index contributed by atoms with van der Waals surface area (Å²) in [6.45, 7) is 6.67. The Bertz CT molecular complexity index is 1240. The number of hydrogen-bond acceptors (Lipinski definition) is 7. The number of nitrogen functional groups attached to an aromatic ring is 1. The van der Waals surface area contributed by atoms with Gasteiger partial charge in [-0.15, -0.1) is 0 Å². The number of methoxy groups -OCH3 is 1. The average molecular weight is 524 g/mol. The third kappa shape index (κ3) is 6.85. The van der Waals surface area contributed by atoms with Crippen LogP contribution in [-0.2, 0) is 11.3 Å². The van der Waals surface area contributed by atoms with Crippen LogP contribution in [-0.4, -0.2) is 40.6 Å². The zero-order chi connectivity index (χ0) is 27.1. The first-order valence-corrected chi connectivity index (χ1v) is 12.7. The van der Waals surface area contributed by atoms with E-state index in [4.69, 9.17) is 16.2 Å². The van der Waals surface area contributed by atoms with Gasteiger partial charge in [-0.3, -0.25) is 14.4 Å². The van der Waals surface area contributed by atoms with Gasteiger partial charge >= 0.3 is 0 Å². The van der Waals surface area contributed by atoms with Gasteiger partial charge in [0.25, 0.3) is 11.8 Å². The SMILES string of the molecule is COc1ccc(CN(C(=O)c2snc(C(N)=O)c2N)C(C(=O)NCCC(C)C)c2ccc(C)cc2)cc1. The van der Waals surface area contributed by atoms with E-state index < -0.39 is 17.9 Å². The molecular weight excluding hydrogens is 490 g/mol.